The fourth-order valence-corrected chi connectivity index (χ4v) is 3.95. The Morgan fingerprint density at radius 2 is 2.27 bits per heavy atom. The van der Waals surface area contributed by atoms with Gasteiger partial charge in [-0.3, -0.25) is 9.89 Å². The Kier molecular flexibility index (Phi) is 4.38. The number of aromatic amines is 1. The summed E-state index contributed by atoms with van der Waals surface area (Å²) in [6.07, 6.45) is 3.15. The minimum Gasteiger partial charge on any atom is -0.493 e. The van der Waals surface area contributed by atoms with Crippen LogP contribution in [0, 0.1) is 6.92 Å². The van der Waals surface area contributed by atoms with Gasteiger partial charge in [-0.2, -0.15) is 5.10 Å². The third kappa shape index (κ3) is 3.06. The summed E-state index contributed by atoms with van der Waals surface area (Å²) in [4.78, 5) is 16.9. The van der Waals surface area contributed by atoms with Crippen molar-refractivity contribution in [3.05, 3.63) is 52.7 Å². The molecule has 26 heavy (non-hydrogen) atoms. The molecular formula is C19H19N3O3S. The predicted octanol–water partition coefficient (Wildman–Crippen LogP) is 3.49. The van der Waals surface area contributed by atoms with Gasteiger partial charge in [-0.15, -0.1) is 11.3 Å². The molecule has 0 unspecified atom stereocenters. The Bertz CT molecular complexity index is 934. The molecule has 2 aromatic heterocycles. The number of fused-ring (bicyclic) bond motifs is 1. The number of rotatable bonds is 3. The highest BCUT2D eigenvalue weighted by Gasteiger charge is 2.24. The quantitative estimate of drug-likeness (QED) is 0.767. The SMILES string of the molecule is COc1cc(-c2ccc(C)s2)cc2c1OCCN(C(=O)c1cn[nH]c1)C2. The summed E-state index contributed by atoms with van der Waals surface area (Å²) < 4.78 is 11.5. The number of methoxy groups -OCH3 is 1. The van der Waals surface area contributed by atoms with E-state index in [0.717, 1.165) is 11.1 Å². The zero-order valence-electron chi connectivity index (χ0n) is 14.6. The highest BCUT2D eigenvalue weighted by Crippen LogP contribution is 2.40. The van der Waals surface area contributed by atoms with E-state index in [1.807, 2.05) is 6.07 Å². The number of hydrogen-bond donors (Lipinski definition) is 1. The number of aryl methyl sites for hydroxylation is 1. The third-order valence-electron chi connectivity index (χ3n) is 4.38. The molecule has 4 rings (SSSR count). The van der Waals surface area contributed by atoms with Crippen molar-refractivity contribution in [1.82, 2.24) is 15.1 Å². The van der Waals surface area contributed by atoms with Crippen LogP contribution in [0.4, 0.5) is 0 Å². The van der Waals surface area contributed by atoms with E-state index in [4.69, 9.17) is 9.47 Å². The van der Waals surface area contributed by atoms with E-state index in [0.29, 0.717) is 36.8 Å². The normalized spacial score (nSPS) is 13.7. The Morgan fingerprint density at radius 1 is 1.38 bits per heavy atom. The number of nitrogens with zero attached hydrogens (tertiary/aromatic N) is 2. The minimum absolute atomic E-state index is 0.0634. The molecule has 0 fully saturated rings. The summed E-state index contributed by atoms with van der Waals surface area (Å²) in [7, 11) is 1.64. The first-order chi connectivity index (χ1) is 12.7. The second-order valence-corrected chi connectivity index (χ2v) is 7.43. The van der Waals surface area contributed by atoms with Gasteiger partial charge in [-0.25, -0.2) is 0 Å². The van der Waals surface area contributed by atoms with Gasteiger partial charge in [-0.1, -0.05) is 0 Å². The number of hydrogen-bond acceptors (Lipinski definition) is 5. The fraction of sp³-hybridized carbons (Fsp3) is 0.263. The highest BCUT2D eigenvalue weighted by atomic mass is 32.1. The van der Waals surface area contributed by atoms with Crippen molar-refractivity contribution in [2.24, 2.45) is 0 Å². The molecule has 3 heterocycles. The number of carbonyl (C=O) groups excluding carboxylic acids is 1. The smallest absolute Gasteiger partial charge is 0.257 e. The maximum atomic E-state index is 12.7. The van der Waals surface area contributed by atoms with Crippen molar-refractivity contribution in [3.8, 4) is 21.9 Å². The lowest BCUT2D eigenvalue weighted by Crippen LogP contribution is -2.32. The van der Waals surface area contributed by atoms with Crippen LogP contribution in [0.3, 0.4) is 0 Å². The van der Waals surface area contributed by atoms with Crippen LogP contribution in [0.2, 0.25) is 0 Å². The number of thiophene rings is 1. The molecule has 6 nitrogen and oxygen atoms in total. The van der Waals surface area contributed by atoms with Gasteiger partial charge in [0, 0.05) is 28.1 Å². The molecule has 0 saturated heterocycles. The Balaban J connectivity index is 1.72. The summed E-state index contributed by atoms with van der Waals surface area (Å²) in [5.74, 6) is 1.35. The first-order valence-electron chi connectivity index (χ1n) is 8.34. The lowest BCUT2D eigenvalue weighted by molar-refractivity contribution is 0.0733. The first kappa shape index (κ1) is 16.7. The molecule has 1 amide bonds. The van der Waals surface area contributed by atoms with Gasteiger partial charge in [0.05, 0.1) is 25.4 Å². The number of nitrogens with one attached hydrogen (secondary N) is 1. The Labute approximate surface area is 155 Å². The molecule has 7 heteroatoms. The van der Waals surface area contributed by atoms with Crippen LogP contribution in [0.25, 0.3) is 10.4 Å². The standard InChI is InChI=1S/C19H19N3O3S/c1-12-3-4-17(26-12)13-7-14-11-22(19(23)15-9-20-21-10-15)5-6-25-18(14)16(8-13)24-2/h3-4,7-10H,5-6,11H2,1-2H3,(H,20,21). The molecule has 0 spiro atoms. The molecule has 0 bridgehead atoms. The van der Waals surface area contributed by atoms with Gasteiger partial charge in [0.15, 0.2) is 11.5 Å². The van der Waals surface area contributed by atoms with Crippen LogP contribution >= 0.6 is 11.3 Å². The Hall–Kier alpha value is -2.80. The number of aromatic nitrogens is 2. The fourth-order valence-electron chi connectivity index (χ4n) is 3.09. The number of amides is 1. The molecule has 1 aromatic carbocycles. The van der Waals surface area contributed by atoms with E-state index in [9.17, 15) is 4.79 Å². The molecule has 134 valence electrons. The van der Waals surface area contributed by atoms with E-state index in [-0.39, 0.29) is 5.91 Å². The molecule has 0 radical (unpaired) electrons. The van der Waals surface area contributed by atoms with Gasteiger partial charge in [0.25, 0.3) is 5.91 Å². The summed E-state index contributed by atoms with van der Waals surface area (Å²) in [6, 6.07) is 8.29. The van der Waals surface area contributed by atoms with E-state index in [1.54, 1.807) is 35.7 Å². The van der Waals surface area contributed by atoms with Crippen molar-refractivity contribution in [2.75, 3.05) is 20.3 Å². The lowest BCUT2D eigenvalue weighted by Gasteiger charge is -2.19. The number of ether oxygens (including phenoxy) is 2. The monoisotopic (exact) mass is 369 g/mol. The average Bonchev–Trinajstić information content (AvgIpc) is 3.28. The van der Waals surface area contributed by atoms with Crippen molar-refractivity contribution in [1.29, 1.82) is 0 Å². The molecule has 1 aliphatic heterocycles. The zero-order valence-corrected chi connectivity index (χ0v) is 15.4. The van der Waals surface area contributed by atoms with Gasteiger partial charge in [0.1, 0.15) is 6.61 Å². The second kappa shape index (κ2) is 6.84. The Morgan fingerprint density at radius 3 is 2.96 bits per heavy atom. The summed E-state index contributed by atoms with van der Waals surface area (Å²) in [6.45, 7) is 3.48. The number of H-pyrrole nitrogens is 1. The largest absolute Gasteiger partial charge is 0.493 e. The number of benzene rings is 1. The van der Waals surface area contributed by atoms with Crippen LogP contribution in [0.15, 0.2) is 36.7 Å². The van der Waals surface area contributed by atoms with Crippen LogP contribution in [-0.2, 0) is 6.54 Å². The van der Waals surface area contributed by atoms with Crippen molar-refractivity contribution >= 4 is 17.2 Å². The van der Waals surface area contributed by atoms with Crippen molar-refractivity contribution in [2.45, 2.75) is 13.5 Å². The molecule has 3 aromatic rings. The molecule has 1 aliphatic rings. The van der Waals surface area contributed by atoms with E-state index >= 15 is 0 Å². The molecule has 0 atom stereocenters. The molecule has 1 N–H and O–H groups in total. The summed E-state index contributed by atoms with van der Waals surface area (Å²) in [5.41, 5.74) is 2.56. The average molecular weight is 369 g/mol. The lowest BCUT2D eigenvalue weighted by atomic mass is 10.1. The van der Waals surface area contributed by atoms with Gasteiger partial charge >= 0.3 is 0 Å². The van der Waals surface area contributed by atoms with E-state index in [1.165, 1.54) is 9.75 Å². The maximum Gasteiger partial charge on any atom is 0.257 e. The number of carbonyl (C=O) groups is 1. The minimum atomic E-state index is -0.0634. The zero-order chi connectivity index (χ0) is 18.1. The van der Waals surface area contributed by atoms with Gasteiger partial charge < -0.3 is 14.4 Å². The van der Waals surface area contributed by atoms with E-state index in [2.05, 4.69) is 35.3 Å². The molecule has 0 saturated carbocycles. The highest BCUT2D eigenvalue weighted by molar-refractivity contribution is 7.15. The van der Waals surface area contributed by atoms with Crippen molar-refractivity contribution < 1.29 is 14.3 Å². The van der Waals surface area contributed by atoms with Crippen LogP contribution < -0.4 is 9.47 Å². The molecule has 0 aliphatic carbocycles. The maximum absolute atomic E-state index is 12.7. The van der Waals surface area contributed by atoms with Crippen molar-refractivity contribution in [3.63, 3.8) is 0 Å². The second-order valence-electron chi connectivity index (χ2n) is 6.14. The van der Waals surface area contributed by atoms with Gasteiger partial charge in [0.2, 0.25) is 0 Å². The summed E-state index contributed by atoms with van der Waals surface area (Å²) in [5, 5.41) is 6.56. The van der Waals surface area contributed by atoms with Crippen LogP contribution in [0.1, 0.15) is 20.8 Å². The van der Waals surface area contributed by atoms with E-state index < -0.39 is 0 Å². The van der Waals surface area contributed by atoms with Crippen LogP contribution in [-0.4, -0.2) is 41.3 Å². The third-order valence-corrected chi connectivity index (χ3v) is 5.43. The predicted molar refractivity (Wildman–Crippen MR) is 99.9 cm³/mol. The van der Waals surface area contributed by atoms with Gasteiger partial charge in [-0.05, 0) is 36.8 Å². The summed E-state index contributed by atoms with van der Waals surface area (Å²) >= 11 is 1.73. The topological polar surface area (TPSA) is 67.5 Å². The van der Waals surface area contributed by atoms with Crippen LogP contribution in [0.5, 0.6) is 11.5 Å². The molecular weight excluding hydrogens is 350 g/mol. The first-order valence-corrected chi connectivity index (χ1v) is 9.16.